The van der Waals surface area contributed by atoms with E-state index in [0.717, 1.165) is 25.9 Å². The molecule has 0 saturated carbocycles. The molecule has 0 spiro atoms. The van der Waals surface area contributed by atoms with Crippen LogP contribution in [0, 0.1) is 16.7 Å². The molecule has 0 N–H and O–H groups in total. The minimum absolute atomic E-state index is 0.0402. The molecule has 1 aliphatic heterocycles. The highest BCUT2D eigenvalue weighted by Crippen LogP contribution is 2.22. The van der Waals surface area contributed by atoms with Crippen LogP contribution in [0.4, 0.5) is 0 Å². The number of hydrogen-bond donors (Lipinski definition) is 0. The SMILES string of the molecule is CN(C)C1CCCN(C(=O)C(C)(C)C#N)C1. The number of piperidine rings is 1. The third kappa shape index (κ3) is 2.73. The van der Waals surface area contributed by atoms with Crippen LogP contribution >= 0.6 is 0 Å². The standard InChI is InChI=1S/C12H21N3O/c1-12(2,9-13)11(16)15-7-5-6-10(8-15)14(3)4/h10H,5-8H2,1-4H3. The Labute approximate surface area is 97.8 Å². The van der Waals surface area contributed by atoms with Crippen molar-refractivity contribution in [1.29, 1.82) is 5.26 Å². The van der Waals surface area contributed by atoms with Crippen molar-refractivity contribution in [1.82, 2.24) is 9.80 Å². The van der Waals surface area contributed by atoms with Crippen molar-refractivity contribution in [2.45, 2.75) is 32.7 Å². The Balaban J connectivity index is 2.68. The van der Waals surface area contributed by atoms with Gasteiger partial charge < -0.3 is 9.80 Å². The summed E-state index contributed by atoms with van der Waals surface area (Å²) in [6, 6.07) is 2.50. The van der Waals surface area contributed by atoms with Crippen LogP contribution in [0.15, 0.2) is 0 Å². The molecular formula is C12H21N3O. The van der Waals surface area contributed by atoms with Gasteiger partial charge in [-0.15, -0.1) is 0 Å². The fourth-order valence-corrected chi connectivity index (χ4v) is 2.00. The maximum atomic E-state index is 12.1. The molecule has 1 saturated heterocycles. The lowest BCUT2D eigenvalue weighted by atomic mass is 9.92. The molecule has 0 aromatic carbocycles. The molecule has 1 atom stereocenters. The largest absolute Gasteiger partial charge is 0.340 e. The Morgan fingerprint density at radius 3 is 2.62 bits per heavy atom. The molecule has 0 bridgehead atoms. The summed E-state index contributed by atoms with van der Waals surface area (Å²) in [5.41, 5.74) is -0.895. The van der Waals surface area contributed by atoms with E-state index in [4.69, 9.17) is 5.26 Å². The molecule has 4 heteroatoms. The molecule has 1 unspecified atom stereocenters. The van der Waals surface area contributed by atoms with E-state index < -0.39 is 5.41 Å². The summed E-state index contributed by atoms with van der Waals surface area (Å²) in [6.45, 7) is 4.91. The lowest BCUT2D eigenvalue weighted by Gasteiger charge is -2.38. The topological polar surface area (TPSA) is 47.3 Å². The molecule has 0 aliphatic carbocycles. The number of hydrogen-bond acceptors (Lipinski definition) is 3. The van der Waals surface area contributed by atoms with E-state index in [9.17, 15) is 4.79 Å². The van der Waals surface area contributed by atoms with Gasteiger partial charge in [0.25, 0.3) is 0 Å². The zero-order valence-electron chi connectivity index (χ0n) is 10.7. The highest BCUT2D eigenvalue weighted by Gasteiger charge is 2.34. The maximum absolute atomic E-state index is 12.1. The van der Waals surface area contributed by atoms with Gasteiger partial charge in [0.2, 0.25) is 5.91 Å². The number of likely N-dealkylation sites (N-methyl/N-ethyl adjacent to an activating group) is 1. The summed E-state index contributed by atoms with van der Waals surface area (Å²) < 4.78 is 0. The highest BCUT2D eigenvalue weighted by atomic mass is 16.2. The lowest BCUT2D eigenvalue weighted by Crippen LogP contribution is -2.50. The van der Waals surface area contributed by atoms with Gasteiger partial charge in [-0.3, -0.25) is 4.79 Å². The first-order valence-electron chi connectivity index (χ1n) is 5.75. The molecule has 0 aromatic heterocycles. The molecule has 1 rings (SSSR count). The van der Waals surface area contributed by atoms with Crippen LogP contribution in [-0.4, -0.2) is 48.9 Å². The molecule has 0 radical (unpaired) electrons. The second-order valence-corrected chi connectivity index (χ2v) is 5.25. The molecular weight excluding hydrogens is 202 g/mol. The normalized spacial score (nSPS) is 22.0. The van der Waals surface area contributed by atoms with Crippen molar-refractivity contribution >= 4 is 5.91 Å². The summed E-state index contributed by atoms with van der Waals surface area (Å²) >= 11 is 0. The summed E-state index contributed by atoms with van der Waals surface area (Å²) in [5, 5.41) is 8.96. The predicted octanol–water partition coefficient (Wildman–Crippen LogP) is 1.09. The van der Waals surface area contributed by atoms with Crippen LogP contribution in [-0.2, 0) is 4.79 Å². The quantitative estimate of drug-likeness (QED) is 0.704. The minimum atomic E-state index is -0.895. The van der Waals surface area contributed by atoms with Gasteiger partial charge >= 0.3 is 0 Å². The van der Waals surface area contributed by atoms with E-state index in [-0.39, 0.29) is 5.91 Å². The van der Waals surface area contributed by atoms with Crippen LogP contribution in [0.5, 0.6) is 0 Å². The van der Waals surface area contributed by atoms with Gasteiger partial charge in [0, 0.05) is 19.1 Å². The average molecular weight is 223 g/mol. The van der Waals surface area contributed by atoms with Gasteiger partial charge in [-0.25, -0.2) is 0 Å². The minimum Gasteiger partial charge on any atom is -0.340 e. The van der Waals surface area contributed by atoms with E-state index in [1.807, 2.05) is 19.0 Å². The van der Waals surface area contributed by atoms with Gasteiger partial charge in [0.1, 0.15) is 5.41 Å². The molecule has 4 nitrogen and oxygen atoms in total. The first kappa shape index (κ1) is 13.0. The van der Waals surface area contributed by atoms with Gasteiger partial charge in [0.15, 0.2) is 0 Å². The second-order valence-electron chi connectivity index (χ2n) is 5.25. The van der Waals surface area contributed by atoms with E-state index >= 15 is 0 Å². The van der Waals surface area contributed by atoms with Crippen molar-refractivity contribution in [2.75, 3.05) is 27.2 Å². The van der Waals surface area contributed by atoms with E-state index in [1.54, 1.807) is 13.8 Å². The number of rotatable bonds is 2. The van der Waals surface area contributed by atoms with Crippen LogP contribution in [0.2, 0.25) is 0 Å². The fraction of sp³-hybridized carbons (Fsp3) is 0.833. The van der Waals surface area contributed by atoms with Crippen LogP contribution in [0.1, 0.15) is 26.7 Å². The zero-order chi connectivity index (χ0) is 12.3. The molecule has 16 heavy (non-hydrogen) atoms. The second kappa shape index (κ2) is 4.84. The molecule has 1 fully saturated rings. The number of amides is 1. The lowest BCUT2D eigenvalue weighted by molar-refractivity contribution is -0.139. The third-order valence-corrected chi connectivity index (χ3v) is 3.23. The van der Waals surface area contributed by atoms with Crippen LogP contribution in [0.3, 0.4) is 0 Å². The van der Waals surface area contributed by atoms with Gasteiger partial charge in [-0.1, -0.05) is 0 Å². The van der Waals surface area contributed by atoms with Crippen LogP contribution < -0.4 is 0 Å². The Morgan fingerprint density at radius 2 is 2.12 bits per heavy atom. The smallest absolute Gasteiger partial charge is 0.242 e. The van der Waals surface area contributed by atoms with Crippen molar-refractivity contribution in [3.63, 3.8) is 0 Å². The van der Waals surface area contributed by atoms with Gasteiger partial charge in [0.05, 0.1) is 6.07 Å². The Bertz CT molecular complexity index is 304. The van der Waals surface area contributed by atoms with E-state index in [1.165, 1.54) is 0 Å². The van der Waals surface area contributed by atoms with Crippen molar-refractivity contribution in [3.8, 4) is 6.07 Å². The Morgan fingerprint density at radius 1 is 1.50 bits per heavy atom. The van der Waals surface area contributed by atoms with Crippen molar-refractivity contribution in [3.05, 3.63) is 0 Å². The fourth-order valence-electron chi connectivity index (χ4n) is 2.00. The average Bonchev–Trinajstić information content (AvgIpc) is 2.28. The van der Waals surface area contributed by atoms with Crippen molar-refractivity contribution < 1.29 is 4.79 Å². The Hall–Kier alpha value is -1.08. The van der Waals surface area contributed by atoms with Gasteiger partial charge in [-0.05, 0) is 40.8 Å². The summed E-state index contributed by atoms with van der Waals surface area (Å²) in [4.78, 5) is 16.1. The molecule has 1 amide bonds. The van der Waals surface area contributed by atoms with Crippen LogP contribution in [0.25, 0.3) is 0 Å². The zero-order valence-corrected chi connectivity index (χ0v) is 10.7. The van der Waals surface area contributed by atoms with E-state index in [0.29, 0.717) is 6.04 Å². The number of nitriles is 1. The molecule has 1 heterocycles. The Kier molecular flexibility index (Phi) is 3.93. The highest BCUT2D eigenvalue weighted by molar-refractivity contribution is 5.84. The molecule has 90 valence electrons. The summed E-state index contributed by atoms with van der Waals surface area (Å²) in [6.07, 6.45) is 2.15. The summed E-state index contributed by atoms with van der Waals surface area (Å²) in [7, 11) is 4.07. The van der Waals surface area contributed by atoms with E-state index in [2.05, 4.69) is 11.0 Å². The van der Waals surface area contributed by atoms with Crippen molar-refractivity contribution in [2.24, 2.45) is 5.41 Å². The first-order valence-corrected chi connectivity index (χ1v) is 5.75. The third-order valence-electron chi connectivity index (χ3n) is 3.23. The number of carbonyl (C=O) groups is 1. The van der Waals surface area contributed by atoms with Gasteiger partial charge in [-0.2, -0.15) is 5.26 Å². The number of likely N-dealkylation sites (tertiary alicyclic amines) is 1. The molecule has 0 aromatic rings. The first-order chi connectivity index (χ1) is 7.38. The maximum Gasteiger partial charge on any atom is 0.242 e. The summed E-state index contributed by atoms with van der Waals surface area (Å²) in [5.74, 6) is -0.0402. The predicted molar refractivity (Wildman–Crippen MR) is 62.7 cm³/mol. The monoisotopic (exact) mass is 223 g/mol. The number of nitrogens with zero attached hydrogens (tertiary/aromatic N) is 3. The molecule has 1 aliphatic rings. The number of carbonyl (C=O) groups excluding carboxylic acids is 1.